The van der Waals surface area contributed by atoms with Crippen LogP contribution in [0.25, 0.3) is 0 Å². The summed E-state index contributed by atoms with van der Waals surface area (Å²) >= 11 is 0. The molecule has 0 bridgehead atoms. The van der Waals surface area contributed by atoms with Gasteiger partial charge in [0.1, 0.15) is 13.2 Å². The predicted octanol–water partition coefficient (Wildman–Crippen LogP) is 17.7. The lowest BCUT2D eigenvalue weighted by Gasteiger charge is -2.18. The van der Waals surface area contributed by atoms with E-state index in [0.29, 0.717) is 19.3 Å². The molecule has 0 amide bonds. The second-order valence-electron chi connectivity index (χ2n) is 19.6. The fraction of sp³-hybridized carbons (Fsp3) is 0.945. The number of rotatable bonds is 49. The molecule has 362 valence electrons. The third kappa shape index (κ3) is 47.7. The van der Waals surface area contributed by atoms with Gasteiger partial charge in [-0.25, -0.2) is 0 Å². The normalized spacial score (nSPS) is 12.5. The molecule has 0 aliphatic rings. The number of esters is 3. The molecule has 0 N–H and O–H groups in total. The van der Waals surface area contributed by atoms with E-state index >= 15 is 0 Å². The number of carbonyl (C=O) groups is 3. The number of unbranched alkanes of at least 4 members (excludes halogenated alkanes) is 33. The lowest BCUT2D eigenvalue weighted by atomic mass is 9.99. The van der Waals surface area contributed by atoms with Crippen LogP contribution in [0.3, 0.4) is 0 Å². The predicted molar refractivity (Wildman–Crippen MR) is 261 cm³/mol. The lowest BCUT2D eigenvalue weighted by Crippen LogP contribution is -2.30. The minimum absolute atomic E-state index is 0.0633. The Morgan fingerprint density at radius 2 is 0.623 bits per heavy atom. The zero-order valence-corrected chi connectivity index (χ0v) is 41.8. The van der Waals surface area contributed by atoms with Gasteiger partial charge in [0, 0.05) is 19.3 Å². The van der Waals surface area contributed by atoms with Gasteiger partial charge in [0.2, 0.25) is 0 Å². The Balaban J connectivity index is 4.28. The maximum absolute atomic E-state index is 12.8. The molecular formula is C55H106O6. The van der Waals surface area contributed by atoms with Crippen LogP contribution in [-0.2, 0) is 28.6 Å². The van der Waals surface area contributed by atoms with E-state index in [2.05, 4.69) is 34.6 Å². The fourth-order valence-corrected chi connectivity index (χ4v) is 8.31. The molecule has 0 radical (unpaired) electrons. The largest absolute Gasteiger partial charge is 0.462 e. The van der Waals surface area contributed by atoms with Crippen molar-refractivity contribution in [1.29, 1.82) is 0 Å². The van der Waals surface area contributed by atoms with Crippen LogP contribution in [0.4, 0.5) is 0 Å². The van der Waals surface area contributed by atoms with Gasteiger partial charge in [-0.15, -0.1) is 0 Å². The fourth-order valence-electron chi connectivity index (χ4n) is 8.31. The van der Waals surface area contributed by atoms with Crippen molar-refractivity contribution in [3.63, 3.8) is 0 Å². The van der Waals surface area contributed by atoms with Crippen LogP contribution in [0.15, 0.2) is 0 Å². The molecule has 0 aliphatic carbocycles. The first kappa shape index (κ1) is 59.4. The van der Waals surface area contributed by atoms with Crippen molar-refractivity contribution in [3.05, 3.63) is 0 Å². The average molecular weight is 863 g/mol. The minimum atomic E-state index is -0.762. The van der Waals surface area contributed by atoms with Crippen LogP contribution in [0.1, 0.15) is 304 Å². The topological polar surface area (TPSA) is 78.9 Å². The first-order valence-electron chi connectivity index (χ1n) is 27.3. The van der Waals surface area contributed by atoms with Crippen molar-refractivity contribution in [2.45, 2.75) is 310 Å². The molecule has 61 heavy (non-hydrogen) atoms. The Morgan fingerprint density at radius 3 is 0.934 bits per heavy atom. The second-order valence-corrected chi connectivity index (χ2v) is 19.6. The second kappa shape index (κ2) is 47.9. The Hall–Kier alpha value is -1.59. The summed E-state index contributed by atoms with van der Waals surface area (Å²) in [5.74, 6) is 0.867. The molecule has 0 saturated carbocycles. The highest BCUT2D eigenvalue weighted by molar-refractivity contribution is 5.71. The highest BCUT2D eigenvalue weighted by Gasteiger charge is 2.19. The molecule has 2 atom stereocenters. The minimum Gasteiger partial charge on any atom is -0.462 e. The molecule has 0 rings (SSSR count). The van der Waals surface area contributed by atoms with Crippen LogP contribution in [0, 0.1) is 11.8 Å². The van der Waals surface area contributed by atoms with E-state index in [4.69, 9.17) is 14.2 Å². The summed E-state index contributed by atoms with van der Waals surface area (Å²) in [5, 5.41) is 0. The first-order valence-corrected chi connectivity index (χ1v) is 27.3. The number of hydrogen-bond donors (Lipinski definition) is 0. The average Bonchev–Trinajstić information content (AvgIpc) is 3.24. The van der Waals surface area contributed by atoms with Crippen LogP contribution < -0.4 is 0 Å². The Labute approximate surface area is 380 Å². The summed E-state index contributed by atoms with van der Waals surface area (Å²) < 4.78 is 16.8. The molecular weight excluding hydrogens is 757 g/mol. The van der Waals surface area contributed by atoms with E-state index in [9.17, 15) is 14.4 Å². The van der Waals surface area contributed by atoms with E-state index in [0.717, 1.165) is 69.6 Å². The maximum Gasteiger partial charge on any atom is 0.306 e. The van der Waals surface area contributed by atoms with Gasteiger partial charge in [0.15, 0.2) is 6.10 Å². The van der Waals surface area contributed by atoms with Crippen molar-refractivity contribution in [3.8, 4) is 0 Å². The highest BCUT2D eigenvalue weighted by atomic mass is 16.6. The van der Waals surface area contributed by atoms with Gasteiger partial charge in [0.25, 0.3) is 0 Å². The maximum atomic E-state index is 12.8. The van der Waals surface area contributed by atoms with Gasteiger partial charge in [-0.05, 0) is 31.1 Å². The molecule has 0 aromatic rings. The van der Waals surface area contributed by atoms with E-state index in [-0.39, 0.29) is 31.1 Å². The van der Waals surface area contributed by atoms with Crippen molar-refractivity contribution < 1.29 is 28.6 Å². The first-order chi connectivity index (χ1) is 29.8. The van der Waals surface area contributed by atoms with Crippen molar-refractivity contribution in [1.82, 2.24) is 0 Å². The zero-order valence-electron chi connectivity index (χ0n) is 41.8. The zero-order chi connectivity index (χ0) is 44.7. The summed E-state index contributed by atoms with van der Waals surface area (Å²) in [7, 11) is 0. The number of carbonyl (C=O) groups excluding carboxylic acids is 3. The van der Waals surface area contributed by atoms with Gasteiger partial charge in [-0.2, -0.15) is 0 Å². The van der Waals surface area contributed by atoms with Crippen LogP contribution in [0.5, 0.6) is 0 Å². The highest BCUT2D eigenvalue weighted by Crippen LogP contribution is 2.18. The summed E-state index contributed by atoms with van der Waals surface area (Å²) in [6, 6.07) is 0. The van der Waals surface area contributed by atoms with E-state index in [1.165, 1.54) is 193 Å². The third-order valence-electron chi connectivity index (χ3n) is 12.8. The molecule has 6 nitrogen and oxygen atoms in total. The smallest absolute Gasteiger partial charge is 0.306 e. The lowest BCUT2D eigenvalue weighted by molar-refractivity contribution is -0.167. The van der Waals surface area contributed by atoms with Crippen molar-refractivity contribution in [2.75, 3.05) is 13.2 Å². The molecule has 0 aromatic carbocycles. The summed E-state index contributed by atoms with van der Waals surface area (Å²) in [5.41, 5.74) is 0. The van der Waals surface area contributed by atoms with Gasteiger partial charge in [-0.3, -0.25) is 14.4 Å². The van der Waals surface area contributed by atoms with Gasteiger partial charge in [-0.1, -0.05) is 266 Å². The summed E-state index contributed by atoms with van der Waals surface area (Å²) in [6.45, 7) is 11.4. The van der Waals surface area contributed by atoms with Crippen LogP contribution in [0.2, 0.25) is 0 Å². The van der Waals surface area contributed by atoms with E-state index in [1.807, 2.05) is 0 Å². The van der Waals surface area contributed by atoms with Gasteiger partial charge in [0.05, 0.1) is 0 Å². The molecule has 0 heterocycles. The van der Waals surface area contributed by atoms with Crippen LogP contribution in [-0.4, -0.2) is 37.2 Å². The quantitative estimate of drug-likeness (QED) is 0.0344. The molecule has 0 fully saturated rings. The molecule has 0 saturated heterocycles. The molecule has 1 unspecified atom stereocenters. The monoisotopic (exact) mass is 863 g/mol. The van der Waals surface area contributed by atoms with Crippen molar-refractivity contribution in [2.24, 2.45) is 11.8 Å². The van der Waals surface area contributed by atoms with Gasteiger partial charge < -0.3 is 14.2 Å². The Bertz CT molecular complexity index is 933. The van der Waals surface area contributed by atoms with Crippen molar-refractivity contribution >= 4 is 17.9 Å². The molecule has 0 aliphatic heterocycles. The van der Waals surface area contributed by atoms with Gasteiger partial charge >= 0.3 is 17.9 Å². The standard InChI is InChI=1S/C55H106O6/c1-6-8-9-10-11-12-13-19-25-30-35-40-45-53(56)59-48-52(61-55(58)47-42-37-32-27-22-21-23-28-33-38-43-50(3)4)49-60-54(57)46-41-36-31-26-20-17-15-14-16-18-24-29-34-39-44-51(5)7-2/h50-52H,6-49H2,1-5H3/t51?,52-/m0/s1. The Morgan fingerprint density at radius 1 is 0.344 bits per heavy atom. The number of hydrogen-bond acceptors (Lipinski definition) is 6. The Kier molecular flexibility index (Phi) is 46.6. The summed E-state index contributed by atoms with van der Waals surface area (Å²) in [6.07, 6.45) is 49.4. The SMILES string of the molecule is CCCCCCCCCCCCCCC(=O)OC[C@@H](COC(=O)CCCCCCCCCCCCCCCCC(C)CC)OC(=O)CCCCCCCCCCCCC(C)C. The molecule has 0 spiro atoms. The van der Waals surface area contributed by atoms with Crippen LogP contribution >= 0.6 is 0 Å². The molecule has 0 aromatic heterocycles. The summed E-state index contributed by atoms with van der Waals surface area (Å²) in [4.78, 5) is 38.0. The van der Waals surface area contributed by atoms with E-state index < -0.39 is 6.10 Å². The van der Waals surface area contributed by atoms with E-state index in [1.54, 1.807) is 0 Å². The molecule has 6 heteroatoms. The number of ether oxygens (including phenoxy) is 3. The third-order valence-corrected chi connectivity index (χ3v) is 12.8.